The van der Waals surface area contributed by atoms with Gasteiger partial charge in [0, 0.05) is 63.4 Å². The highest BCUT2D eigenvalue weighted by Gasteiger charge is 2.22. The third kappa shape index (κ3) is 3.54. The van der Waals surface area contributed by atoms with Crippen molar-refractivity contribution >= 4 is 10.9 Å². The van der Waals surface area contributed by atoms with Gasteiger partial charge < -0.3 is 9.75 Å². The number of fused-ring (bicyclic) bond motifs is 1. The van der Waals surface area contributed by atoms with Crippen LogP contribution in [0, 0.1) is 6.07 Å². The molecule has 0 bridgehead atoms. The number of piperazine rings is 1. The molecule has 5 nitrogen and oxygen atoms in total. The molecule has 5 heteroatoms. The van der Waals surface area contributed by atoms with Crippen LogP contribution < -0.4 is 5.01 Å². The van der Waals surface area contributed by atoms with Gasteiger partial charge >= 0.3 is 0 Å². The first kappa shape index (κ1) is 16.9. The molecule has 2 aliphatic rings. The first-order chi connectivity index (χ1) is 12.2. The number of morpholine rings is 1. The van der Waals surface area contributed by atoms with Crippen molar-refractivity contribution < 1.29 is 4.74 Å². The van der Waals surface area contributed by atoms with Crippen molar-refractivity contribution in [3.05, 3.63) is 36.0 Å². The maximum absolute atomic E-state index is 5.49. The summed E-state index contributed by atoms with van der Waals surface area (Å²) in [5.74, 6) is 0. The fraction of sp³-hybridized carbons (Fsp3) is 0.600. The van der Waals surface area contributed by atoms with Crippen molar-refractivity contribution in [2.24, 2.45) is 0 Å². The maximum Gasteiger partial charge on any atom is 0.0704 e. The summed E-state index contributed by atoms with van der Waals surface area (Å²) in [5.41, 5.74) is 2.66. The second-order valence-corrected chi connectivity index (χ2v) is 7.40. The Labute approximate surface area is 150 Å². The number of rotatable bonds is 4. The van der Waals surface area contributed by atoms with Crippen molar-refractivity contribution in [1.82, 2.24) is 14.5 Å². The molecule has 1 aromatic heterocycles. The minimum absolute atomic E-state index is 0.633. The molecule has 1 aromatic carbocycles. The summed E-state index contributed by atoms with van der Waals surface area (Å²) in [4.78, 5) is 5.04. The first-order valence-electron chi connectivity index (χ1n) is 9.52. The molecule has 0 N–H and O–H groups in total. The highest BCUT2D eigenvalue weighted by atomic mass is 16.5. The monoisotopic (exact) mass is 341 g/mol. The van der Waals surface area contributed by atoms with E-state index >= 15 is 0 Å². The van der Waals surface area contributed by atoms with Gasteiger partial charge in [0.1, 0.15) is 0 Å². The summed E-state index contributed by atoms with van der Waals surface area (Å²) in [7, 11) is 0. The normalized spacial score (nSPS) is 20.7. The van der Waals surface area contributed by atoms with Crippen LogP contribution in [0.15, 0.2) is 24.4 Å². The van der Waals surface area contributed by atoms with Crippen LogP contribution in [0.5, 0.6) is 0 Å². The van der Waals surface area contributed by atoms with Crippen LogP contribution in [-0.4, -0.2) is 73.0 Å². The van der Waals surface area contributed by atoms with Gasteiger partial charge in [-0.3, -0.25) is 14.5 Å². The number of aromatic nitrogens is 1. The van der Waals surface area contributed by atoms with Gasteiger partial charge in [0.2, 0.25) is 0 Å². The predicted octanol–water partition coefficient (Wildman–Crippen LogP) is 1.94. The highest BCUT2D eigenvalue weighted by Crippen LogP contribution is 2.23. The summed E-state index contributed by atoms with van der Waals surface area (Å²) >= 11 is 0. The third-order valence-electron chi connectivity index (χ3n) is 5.50. The van der Waals surface area contributed by atoms with E-state index in [0.717, 1.165) is 59.0 Å². The smallest absolute Gasteiger partial charge is 0.0704 e. The van der Waals surface area contributed by atoms with Crippen LogP contribution in [0.1, 0.15) is 19.4 Å². The molecule has 2 saturated heterocycles. The van der Waals surface area contributed by atoms with Gasteiger partial charge in [-0.1, -0.05) is 12.1 Å². The molecule has 0 unspecified atom stereocenters. The van der Waals surface area contributed by atoms with Gasteiger partial charge in [-0.25, -0.2) is 0 Å². The zero-order valence-electron chi connectivity index (χ0n) is 15.4. The van der Waals surface area contributed by atoms with Gasteiger partial charge in [0.05, 0.1) is 18.7 Å². The van der Waals surface area contributed by atoms with E-state index in [1.54, 1.807) is 0 Å². The minimum atomic E-state index is 0.633. The highest BCUT2D eigenvalue weighted by molar-refractivity contribution is 5.83. The summed E-state index contributed by atoms with van der Waals surface area (Å²) in [5, 5.41) is 3.75. The second-order valence-electron chi connectivity index (χ2n) is 7.40. The van der Waals surface area contributed by atoms with E-state index in [1.807, 2.05) is 6.07 Å². The Hall–Kier alpha value is -1.56. The fourth-order valence-electron chi connectivity index (χ4n) is 3.96. The van der Waals surface area contributed by atoms with E-state index in [9.17, 15) is 0 Å². The summed E-state index contributed by atoms with van der Waals surface area (Å²) in [6.07, 6.45) is 2.33. The molecule has 0 spiro atoms. The predicted molar refractivity (Wildman–Crippen MR) is 102 cm³/mol. The van der Waals surface area contributed by atoms with Crippen molar-refractivity contribution in [2.45, 2.75) is 26.4 Å². The molecule has 0 saturated carbocycles. The molecule has 1 radical (unpaired) electrons. The Morgan fingerprint density at radius 2 is 1.84 bits per heavy atom. The Balaban J connectivity index is 1.57. The molecule has 2 aliphatic heterocycles. The number of hydrogen-bond donors (Lipinski definition) is 0. The van der Waals surface area contributed by atoms with Crippen LogP contribution in [0.3, 0.4) is 0 Å². The molecule has 2 fully saturated rings. The zero-order chi connectivity index (χ0) is 17.2. The Morgan fingerprint density at radius 1 is 1.08 bits per heavy atom. The number of nitrogens with zero attached hydrogens (tertiary/aromatic N) is 4. The van der Waals surface area contributed by atoms with E-state index in [-0.39, 0.29) is 0 Å². The van der Waals surface area contributed by atoms with E-state index in [0.29, 0.717) is 6.04 Å². The molecule has 3 heterocycles. The summed E-state index contributed by atoms with van der Waals surface area (Å²) < 4.78 is 7.86. The van der Waals surface area contributed by atoms with Crippen LogP contribution in [0.2, 0.25) is 0 Å². The molecule has 4 rings (SSSR count). The van der Waals surface area contributed by atoms with Crippen LogP contribution >= 0.6 is 0 Å². The van der Waals surface area contributed by atoms with Gasteiger partial charge in [-0.05, 0) is 31.5 Å². The molecular weight excluding hydrogens is 312 g/mol. The quantitative estimate of drug-likeness (QED) is 0.848. The molecule has 0 atom stereocenters. The molecule has 25 heavy (non-hydrogen) atoms. The molecular formula is C20H29N4O. The summed E-state index contributed by atoms with van der Waals surface area (Å²) in [6, 6.07) is 10.5. The van der Waals surface area contributed by atoms with Crippen LogP contribution in [-0.2, 0) is 11.3 Å². The topological polar surface area (TPSA) is 23.9 Å². The van der Waals surface area contributed by atoms with Crippen molar-refractivity contribution in [3.63, 3.8) is 0 Å². The van der Waals surface area contributed by atoms with Crippen molar-refractivity contribution in [3.8, 4) is 0 Å². The van der Waals surface area contributed by atoms with Gasteiger partial charge in [0.15, 0.2) is 0 Å². The lowest BCUT2D eigenvalue weighted by Gasteiger charge is -2.38. The van der Waals surface area contributed by atoms with E-state index in [4.69, 9.17) is 4.74 Å². The van der Waals surface area contributed by atoms with Crippen LogP contribution in [0.4, 0.5) is 0 Å². The zero-order valence-corrected chi connectivity index (χ0v) is 15.4. The Kier molecular flexibility index (Phi) is 4.97. The Morgan fingerprint density at radius 3 is 2.56 bits per heavy atom. The molecule has 0 amide bonds. The molecule has 135 valence electrons. The minimum Gasteiger partial charge on any atom is -0.379 e. The summed E-state index contributed by atoms with van der Waals surface area (Å²) in [6.45, 7) is 13.7. The van der Waals surface area contributed by atoms with E-state index in [2.05, 4.69) is 57.7 Å². The first-order valence-corrected chi connectivity index (χ1v) is 9.52. The third-order valence-corrected chi connectivity index (χ3v) is 5.50. The lowest BCUT2D eigenvalue weighted by Crippen LogP contribution is -2.52. The standard InChI is InChI=1S/C20H29N4O/c1-17(2)22-7-9-23(10-8-22)24-16-18(15-21-11-13-25-14-12-21)19-5-3-4-6-20(19)24/h3-4,6,16-17H,7-15H2,1-2H3. The molecule has 2 aromatic rings. The average Bonchev–Trinajstić information content (AvgIpc) is 3.01. The van der Waals surface area contributed by atoms with Crippen molar-refractivity contribution in [2.75, 3.05) is 57.5 Å². The lowest BCUT2D eigenvalue weighted by molar-refractivity contribution is 0.0343. The second kappa shape index (κ2) is 7.36. The SMILES string of the molecule is CC(C)N1CCN(n2cc(CN3CCOCC3)c3[c]cccc32)CC1. The number of benzene rings is 1. The van der Waals surface area contributed by atoms with E-state index < -0.39 is 0 Å². The Bertz CT molecular complexity index is 697. The van der Waals surface area contributed by atoms with Gasteiger partial charge in [0.25, 0.3) is 0 Å². The molecule has 0 aliphatic carbocycles. The fourth-order valence-corrected chi connectivity index (χ4v) is 3.96. The van der Waals surface area contributed by atoms with Gasteiger partial charge in [-0.15, -0.1) is 0 Å². The van der Waals surface area contributed by atoms with Crippen molar-refractivity contribution in [1.29, 1.82) is 0 Å². The lowest BCUT2D eigenvalue weighted by atomic mass is 10.1. The largest absolute Gasteiger partial charge is 0.379 e. The van der Waals surface area contributed by atoms with Crippen LogP contribution in [0.25, 0.3) is 10.9 Å². The number of hydrogen-bond acceptors (Lipinski definition) is 4. The maximum atomic E-state index is 5.49. The van der Waals surface area contributed by atoms with E-state index in [1.165, 1.54) is 16.5 Å². The van der Waals surface area contributed by atoms with Gasteiger partial charge in [-0.2, -0.15) is 0 Å². The average molecular weight is 341 g/mol. The number of ether oxygens (including phenoxy) is 1.